The van der Waals surface area contributed by atoms with Gasteiger partial charge in [0.25, 0.3) is 24.0 Å². The van der Waals surface area contributed by atoms with Crippen molar-refractivity contribution in [1.29, 1.82) is 0 Å². The molecule has 0 aromatic heterocycles. The predicted octanol–water partition coefficient (Wildman–Crippen LogP) is 6.55. The number of benzene rings is 4. The van der Waals surface area contributed by atoms with E-state index < -0.39 is 48.1 Å². The van der Waals surface area contributed by atoms with Crippen molar-refractivity contribution in [3.05, 3.63) is 140 Å². The van der Waals surface area contributed by atoms with E-state index in [0.29, 0.717) is 40.4 Å². The van der Waals surface area contributed by atoms with Gasteiger partial charge in [-0.25, -0.2) is 4.79 Å². The predicted molar refractivity (Wildman–Crippen MR) is 200 cm³/mol. The van der Waals surface area contributed by atoms with E-state index in [9.17, 15) is 30.4 Å². The third-order valence-corrected chi connectivity index (χ3v) is 11.7. The van der Waals surface area contributed by atoms with Gasteiger partial charge in [0.2, 0.25) is 0 Å². The van der Waals surface area contributed by atoms with Crippen LogP contribution in [0.3, 0.4) is 0 Å². The molecule has 4 atom stereocenters. The van der Waals surface area contributed by atoms with Crippen molar-refractivity contribution in [2.75, 3.05) is 20.1 Å². The number of methoxy groups -OCH3 is 1. The Bertz CT molecular complexity index is 1970. The van der Waals surface area contributed by atoms with E-state index in [4.69, 9.17) is 23.0 Å². The number of nitro groups is 2. The first-order valence-electron chi connectivity index (χ1n) is 17.6. The van der Waals surface area contributed by atoms with Gasteiger partial charge in [0, 0.05) is 37.4 Å². The lowest BCUT2D eigenvalue weighted by Crippen LogP contribution is -2.50. The number of hydrogen-bond donors (Lipinski definition) is 2. The molecule has 2 aliphatic rings. The molecule has 2 heterocycles. The number of amides is 2. The number of rotatable bonds is 15. The summed E-state index contributed by atoms with van der Waals surface area (Å²) in [6, 6.07) is 22.5. The molecule has 0 spiro atoms. The summed E-state index contributed by atoms with van der Waals surface area (Å²) in [6.07, 6.45) is -3.32. The molecule has 1 unspecified atom stereocenters. The molecular weight excluding hydrogens is 735 g/mol. The summed E-state index contributed by atoms with van der Waals surface area (Å²) in [7, 11) is -1.10. The van der Waals surface area contributed by atoms with Crippen molar-refractivity contribution >= 4 is 25.3 Å². The Morgan fingerprint density at radius 1 is 0.782 bits per heavy atom. The molecule has 2 fully saturated rings. The molecule has 2 amide bonds. The van der Waals surface area contributed by atoms with Crippen molar-refractivity contribution in [2.24, 2.45) is 0 Å². The van der Waals surface area contributed by atoms with Gasteiger partial charge in [-0.05, 0) is 66.8 Å². The smallest absolute Gasteiger partial charge is 0.457 e. The molecule has 17 heteroatoms. The Balaban J connectivity index is 1.37. The highest BCUT2D eigenvalue weighted by molar-refractivity contribution is 7.62. The van der Waals surface area contributed by atoms with Gasteiger partial charge < -0.3 is 29.5 Å². The highest BCUT2D eigenvalue weighted by Crippen LogP contribution is 2.70. The van der Waals surface area contributed by atoms with Gasteiger partial charge in [0.05, 0.1) is 35.6 Å². The Morgan fingerprint density at radius 2 is 1.35 bits per heavy atom. The third kappa shape index (κ3) is 9.02. The number of non-ortho nitro benzene ring substituents is 2. The molecule has 6 rings (SSSR count). The molecule has 290 valence electrons. The monoisotopic (exact) mass is 777 g/mol. The van der Waals surface area contributed by atoms with Gasteiger partial charge in [-0.3, -0.25) is 20.2 Å². The van der Waals surface area contributed by atoms with Crippen LogP contribution in [0.5, 0.6) is 11.5 Å². The Kier molecular flexibility index (Phi) is 12.2. The standard InChI is InChI=1S/C38H42N4O12P/c1-4-52-55(53-25(2)54-55)24-51-33-15-11-26(12-16-33)21-34-36(43)37(44)35(29-13-17-32(50-3)18-14-29)40(23-28-8-6-10-31(20-28)42(48)49)38(45)39(34)22-27-7-5-9-30(19-27)41(46)47/h5-20,25,34-37,43-44H,4,21-24H2,1-3H3/q+1/t25?,34-,35?,36+,37+,55?/m1/s1. The topological polar surface area (TPSA) is 196 Å². The van der Waals surface area contributed by atoms with E-state index in [2.05, 4.69) is 0 Å². The minimum Gasteiger partial charge on any atom is -0.497 e. The number of aliphatic hydroxyl groups excluding tert-OH is 2. The van der Waals surface area contributed by atoms with E-state index in [1.807, 2.05) is 6.92 Å². The lowest BCUT2D eigenvalue weighted by Gasteiger charge is -2.36. The Labute approximate surface area is 317 Å². The lowest BCUT2D eigenvalue weighted by atomic mass is 9.90. The fourth-order valence-corrected chi connectivity index (χ4v) is 8.77. The Morgan fingerprint density at radius 3 is 1.87 bits per heavy atom. The lowest BCUT2D eigenvalue weighted by molar-refractivity contribution is -0.385. The summed E-state index contributed by atoms with van der Waals surface area (Å²) in [5.74, 6) is 1.03. The number of hydrogen-bond acceptors (Lipinski definition) is 12. The molecule has 2 N–H and O–H groups in total. The maximum absolute atomic E-state index is 15.0. The first-order valence-corrected chi connectivity index (χ1v) is 19.3. The summed E-state index contributed by atoms with van der Waals surface area (Å²) in [4.78, 5) is 40.1. The summed E-state index contributed by atoms with van der Waals surface area (Å²) in [6.45, 7) is 3.66. The van der Waals surface area contributed by atoms with Crippen LogP contribution in [0.4, 0.5) is 16.2 Å². The summed E-state index contributed by atoms with van der Waals surface area (Å²) < 4.78 is 28.4. The molecule has 0 bridgehead atoms. The molecule has 4 aromatic carbocycles. The second-order valence-corrected chi connectivity index (χ2v) is 15.2. The van der Waals surface area contributed by atoms with Gasteiger partial charge in [-0.15, -0.1) is 9.05 Å². The van der Waals surface area contributed by atoms with Crippen LogP contribution in [-0.2, 0) is 33.1 Å². The van der Waals surface area contributed by atoms with Crippen molar-refractivity contribution in [3.8, 4) is 11.5 Å². The van der Waals surface area contributed by atoms with Crippen LogP contribution < -0.4 is 9.47 Å². The highest BCUT2D eigenvalue weighted by Gasteiger charge is 2.60. The first-order chi connectivity index (χ1) is 26.4. The maximum Gasteiger partial charge on any atom is 0.457 e. The van der Waals surface area contributed by atoms with E-state index in [1.165, 1.54) is 53.3 Å². The van der Waals surface area contributed by atoms with E-state index in [0.717, 1.165) is 0 Å². The Hall–Kier alpha value is -5.22. The fraction of sp³-hybridized carbons (Fsp3) is 0.342. The fourth-order valence-electron chi connectivity index (χ4n) is 6.83. The normalized spacial score (nSPS) is 23.8. The van der Waals surface area contributed by atoms with Crippen LogP contribution in [0.2, 0.25) is 0 Å². The van der Waals surface area contributed by atoms with Crippen molar-refractivity contribution in [3.63, 3.8) is 0 Å². The van der Waals surface area contributed by atoms with Crippen molar-refractivity contribution < 1.29 is 47.9 Å². The zero-order valence-electron chi connectivity index (χ0n) is 30.4. The number of ether oxygens (including phenoxy) is 2. The number of aliphatic hydroxyl groups is 2. The molecule has 16 nitrogen and oxygen atoms in total. The molecule has 0 radical (unpaired) electrons. The zero-order chi connectivity index (χ0) is 39.3. The van der Waals surface area contributed by atoms with E-state index >= 15 is 4.79 Å². The van der Waals surface area contributed by atoms with Gasteiger partial charge >= 0.3 is 14.0 Å². The van der Waals surface area contributed by atoms with Crippen molar-refractivity contribution in [1.82, 2.24) is 9.80 Å². The number of urea groups is 1. The second kappa shape index (κ2) is 17.1. The van der Waals surface area contributed by atoms with E-state index in [-0.39, 0.29) is 43.5 Å². The number of carbonyl (C=O) groups excluding carboxylic acids is 1. The largest absolute Gasteiger partial charge is 0.497 e. The van der Waals surface area contributed by atoms with Gasteiger partial charge in [-0.2, -0.15) is 4.52 Å². The SMILES string of the molecule is CCO[P+]1(COc2ccc(C[C@@H]3[C@H](O)[C@@H](O)C(c4ccc(OC)cc4)N(Cc4cccc([N+](=O)[O-])c4)C(=O)N3Cc3cccc([N+](=O)[O-])c3)cc2)OC(C)O1. The van der Waals surface area contributed by atoms with Crippen molar-refractivity contribution in [2.45, 2.75) is 63.9 Å². The molecule has 4 aromatic rings. The third-order valence-electron chi connectivity index (χ3n) is 9.40. The molecular formula is C38H42N4O12P+. The van der Waals surface area contributed by atoms with Crippen LogP contribution in [0.15, 0.2) is 97.1 Å². The molecule has 2 saturated heterocycles. The quantitative estimate of drug-likeness (QED) is 0.0751. The van der Waals surface area contributed by atoms with Crippen LogP contribution in [-0.4, -0.2) is 80.5 Å². The van der Waals surface area contributed by atoms with Crippen LogP contribution >= 0.6 is 7.94 Å². The summed E-state index contributed by atoms with van der Waals surface area (Å²) in [5.41, 5.74) is 1.62. The number of nitro benzene ring substituents is 2. The van der Waals surface area contributed by atoms with Gasteiger partial charge in [-0.1, -0.05) is 48.5 Å². The minimum atomic E-state index is -2.60. The highest BCUT2D eigenvalue weighted by atomic mass is 31.2. The average molecular weight is 778 g/mol. The van der Waals surface area contributed by atoms with Gasteiger partial charge in [0.1, 0.15) is 23.7 Å². The van der Waals surface area contributed by atoms with Crippen LogP contribution in [0.25, 0.3) is 0 Å². The number of carbonyl (C=O) groups is 1. The maximum atomic E-state index is 15.0. The van der Waals surface area contributed by atoms with Crippen LogP contribution in [0.1, 0.15) is 42.1 Å². The zero-order valence-corrected chi connectivity index (χ0v) is 31.3. The van der Waals surface area contributed by atoms with E-state index in [1.54, 1.807) is 67.6 Å². The summed E-state index contributed by atoms with van der Waals surface area (Å²) >= 11 is 0. The molecule has 0 saturated carbocycles. The molecule has 2 aliphatic heterocycles. The second-order valence-electron chi connectivity index (χ2n) is 13.1. The number of nitrogens with zero attached hydrogens (tertiary/aromatic N) is 4. The average Bonchev–Trinajstić information content (AvgIpc) is 3.23. The molecule has 55 heavy (non-hydrogen) atoms. The van der Waals surface area contributed by atoms with Gasteiger partial charge in [0.15, 0.2) is 0 Å². The van der Waals surface area contributed by atoms with Crippen LogP contribution in [0, 0.1) is 20.2 Å². The summed E-state index contributed by atoms with van der Waals surface area (Å²) in [5, 5.41) is 47.6. The minimum absolute atomic E-state index is 0.0682. The molecule has 0 aliphatic carbocycles. The first kappa shape index (κ1) is 39.5.